The number of carbonyl (C=O) groups is 2. The molecule has 1 amide bonds. The maximum atomic E-state index is 11.5. The SMILES string of the molecule is COCOc1cc(C(=O)OC)ccc1NC(=O)CCN. The number of carbonyl (C=O) groups excluding carboxylic acids is 2. The van der Waals surface area contributed by atoms with Crippen LogP contribution in [-0.4, -0.2) is 39.4 Å². The molecule has 1 rings (SSSR count). The molecule has 0 unspecified atom stereocenters. The average molecular weight is 282 g/mol. The number of nitrogens with two attached hydrogens (primary N) is 1. The molecule has 20 heavy (non-hydrogen) atoms. The zero-order chi connectivity index (χ0) is 15.0. The van der Waals surface area contributed by atoms with E-state index in [4.69, 9.17) is 15.2 Å². The molecule has 7 nitrogen and oxygen atoms in total. The van der Waals surface area contributed by atoms with Crippen molar-refractivity contribution in [3.63, 3.8) is 0 Å². The average Bonchev–Trinajstić information content (AvgIpc) is 2.45. The summed E-state index contributed by atoms with van der Waals surface area (Å²) in [7, 11) is 2.76. The van der Waals surface area contributed by atoms with Gasteiger partial charge in [0.2, 0.25) is 5.91 Å². The zero-order valence-corrected chi connectivity index (χ0v) is 11.5. The predicted molar refractivity (Wildman–Crippen MR) is 72.6 cm³/mol. The first-order valence-corrected chi connectivity index (χ1v) is 5.96. The molecular weight excluding hydrogens is 264 g/mol. The number of rotatable bonds is 7. The van der Waals surface area contributed by atoms with Crippen LogP contribution in [0.3, 0.4) is 0 Å². The van der Waals surface area contributed by atoms with Crippen LogP contribution in [0.1, 0.15) is 16.8 Å². The Kier molecular flexibility index (Phi) is 6.48. The van der Waals surface area contributed by atoms with Gasteiger partial charge in [0, 0.05) is 20.1 Å². The van der Waals surface area contributed by atoms with E-state index in [1.54, 1.807) is 6.07 Å². The number of hydrogen-bond acceptors (Lipinski definition) is 6. The summed E-state index contributed by atoms with van der Waals surface area (Å²) >= 11 is 0. The summed E-state index contributed by atoms with van der Waals surface area (Å²) in [5, 5.41) is 2.65. The van der Waals surface area contributed by atoms with Crippen molar-refractivity contribution >= 4 is 17.6 Å². The summed E-state index contributed by atoms with van der Waals surface area (Å²) in [6, 6.07) is 4.57. The fourth-order valence-electron chi connectivity index (χ4n) is 1.46. The maximum absolute atomic E-state index is 11.5. The van der Waals surface area contributed by atoms with E-state index in [1.165, 1.54) is 26.4 Å². The summed E-state index contributed by atoms with van der Waals surface area (Å²) in [5.41, 5.74) is 6.06. The minimum absolute atomic E-state index is 0.00954. The Bertz CT molecular complexity index is 476. The van der Waals surface area contributed by atoms with Gasteiger partial charge in [0.05, 0.1) is 18.4 Å². The number of hydrogen-bond donors (Lipinski definition) is 2. The lowest BCUT2D eigenvalue weighted by Crippen LogP contribution is -2.17. The lowest BCUT2D eigenvalue weighted by atomic mass is 10.2. The fraction of sp³-hybridized carbons (Fsp3) is 0.385. The lowest BCUT2D eigenvalue weighted by molar-refractivity contribution is -0.116. The standard InChI is InChI=1S/C13H18N2O5/c1-18-8-20-11-7-9(13(17)19-2)3-4-10(11)15-12(16)5-6-14/h3-4,7H,5-6,8,14H2,1-2H3,(H,15,16). The molecule has 0 spiro atoms. The largest absolute Gasteiger partial charge is 0.465 e. The Labute approximate surface area is 117 Å². The van der Waals surface area contributed by atoms with Gasteiger partial charge in [-0.1, -0.05) is 0 Å². The Hall–Kier alpha value is -2.12. The molecule has 0 radical (unpaired) electrons. The van der Waals surface area contributed by atoms with Crippen LogP contribution in [0.5, 0.6) is 5.75 Å². The fourth-order valence-corrected chi connectivity index (χ4v) is 1.46. The molecule has 0 fully saturated rings. The van der Waals surface area contributed by atoms with E-state index in [2.05, 4.69) is 10.1 Å². The molecule has 0 aromatic heterocycles. The van der Waals surface area contributed by atoms with Crippen LogP contribution in [0, 0.1) is 0 Å². The topological polar surface area (TPSA) is 99.9 Å². The highest BCUT2D eigenvalue weighted by atomic mass is 16.7. The minimum Gasteiger partial charge on any atom is -0.465 e. The second-order valence-electron chi connectivity index (χ2n) is 3.84. The van der Waals surface area contributed by atoms with E-state index in [0.717, 1.165) is 0 Å². The van der Waals surface area contributed by atoms with Crippen molar-refractivity contribution in [1.82, 2.24) is 0 Å². The number of anilines is 1. The van der Waals surface area contributed by atoms with E-state index in [0.29, 0.717) is 17.0 Å². The van der Waals surface area contributed by atoms with Gasteiger partial charge in [0.15, 0.2) is 6.79 Å². The van der Waals surface area contributed by atoms with Crippen molar-refractivity contribution in [1.29, 1.82) is 0 Å². The predicted octanol–water partition coefficient (Wildman–Crippen LogP) is 0.743. The molecule has 0 aliphatic carbocycles. The van der Waals surface area contributed by atoms with Crippen LogP contribution in [0.25, 0.3) is 0 Å². The van der Waals surface area contributed by atoms with E-state index < -0.39 is 5.97 Å². The molecule has 0 atom stereocenters. The molecule has 3 N–H and O–H groups in total. The van der Waals surface area contributed by atoms with Gasteiger partial charge in [-0.2, -0.15) is 0 Å². The lowest BCUT2D eigenvalue weighted by Gasteiger charge is -2.13. The maximum Gasteiger partial charge on any atom is 0.337 e. The molecule has 1 aromatic rings. The number of esters is 1. The molecule has 0 aliphatic heterocycles. The quantitative estimate of drug-likeness (QED) is 0.565. The molecular formula is C13H18N2O5. The van der Waals surface area contributed by atoms with E-state index in [9.17, 15) is 9.59 Å². The summed E-state index contributed by atoms with van der Waals surface area (Å²) in [6.07, 6.45) is 0.197. The first kappa shape index (κ1) is 15.9. The molecule has 0 bridgehead atoms. The second kappa shape index (κ2) is 8.13. The summed E-state index contributed by atoms with van der Waals surface area (Å²) in [6.45, 7) is 0.241. The Balaban J connectivity index is 2.96. The van der Waals surface area contributed by atoms with Crippen LogP contribution in [0.15, 0.2) is 18.2 Å². The Morgan fingerprint density at radius 2 is 2.05 bits per heavy atom. The Morgan fingerprint density at radius 1 is 1.30 bits per heavy atom. The van der Waals surface area contributed by atoms with Crippen molar-refractivity contribution in [2.75, 3.05) is 32.9 Å². The van der Waals surface area contributed by atoms with Crippen LogP contribution < -0.4 is 15.8 Å². The number of nitrogens with one attached hydrogen (secondary N) is 1. The van der Waals surface area contributed by atoms with Crippen LogP contribution in [-0.2, 0) is 14.3 Å². The second-order valence-corrected chi connectivity index (χ2v) is 3.84. The van der Waals surface area contributed by atoms with Gasteiger partial charge in [0.25, 0.3) is 0 Å². The van der Waals surface area contributed by atoms with Crippen LogP contribution in [0.4, 0.5) is 5.69 Å². The molecule has 0 saturated heterocycles. The Morgan fingerprint density at radius 3 is 2.65 bits per heavy atom. The van der Waals surface area contributed by atoms with Crippen molar-refractivity contribution in [3.05, 3.63) is 23.8 Å². The van der Waals surface area contributed by atoms with Crippen molar-refractivity contribution in [2.45, 2.75) is 6.42 Å². The molecule has 0 heterocycles. The number of benzene rings is 1. The number of amides is 1. The molecule has 7 heteroatoms. The third-order valence-corrected chi connectivity index (χ3v) is 2.38. The van der Waals surface area contributed by atoms with Gasteiger partial charge in [0.1, 0.15) is 5.75 Å². The first-order valence-electron chi connectivity index (χ1n) is 5.96. The molecule has 1 aromatic carbocycles. The smallest absolute Gasteiger partial charge is 0.337 e. The van der Waals surface area contributed by atoms with E-state index in [-0.39, 0.29) is 25.7 Å². The minimum atomic E-state index is -0.493. The van der Waals surface area contributed by atoms with Gasteiger partial charge < -0.3 is 25.3 Å². The van der Waals surface area contributed by atoms with Crippen LogP contribution >= 0.6 is 0 Å². The van der Waals surface area contributed by atoms with Crippen molar-refractivity contribution < 1.29 is 23.8 Å². The summed E-state index contributed by atoms with van der Waals surface area (Å²) < 4.78 is 14.8. The van der Waals surface area contributed by atoms with Gasteiger partial charge in [-0.3, -0.25) is 4.79 Å². The highest BCUT2D eigenvalue weighted by molar-refractivity contribution is 5.95. The monoisotopic (exact) mass is 282 g/mol. The van der Waals surface area contributed by atoms with Gasteiger partial charge in [-0.25, -0.2) is 4.79 Å². The zero-order valence-electron chi connectivity index (χ0n) is 11.5. The van der Waals surface area contributed by atoms with E-state index >= 15 is 0 Å². The van der Waals surface area contributed by atoms with E-state index in [1.807, 2.05) is 0 Å². The molecule has 0 aliphatic rings. The molecule has 110 valence electrons. The summed E-state index contributed by atoms with van der Waals surface area (Å²) in [5.74, 6) is -0.409. The highest BCUT2D eigenvalue weighted by Crippen LogP contribution is 2.26. The molecule has 0 saturated carbocycles. The van der Waals surface area contributed by atoms with Gasteiger partial charge in [-0.05, 0) is 18.2 Å². The van der Waals surface area contributed by atoms with Crippen LogP contribution in [0.2, 0.25) is 0 Å². The van der Waals surface area contributed by atoms with Gasteiger partial charge >= 0.3 is 5.97 Å². The summed E-state index contributed by atoms with van der Waals surface area (Å²) in [4.78, 5) is 23.0. The van der Waals surface area contributed by atoms with Gasteiger partial charge in [-0.15, -0.1) is 0 Å². The van der Waals surface area contributed by atoms with Crippen molar-refractivity contribution in [2.24, 2.45) is 5.73 Å². The third-order valence-electron chi connectivity index (χ3n) is 2.38. The first-order chi connectivity index (χ1) is 9.62. The number of ether oxygens (including phenoxy) is 3. The normalized spacial score (nSPS) is 9.95. The number of methoxy groups -OCH3 is 2. The highest BCUT2D eigenvalue weighted by Gasteiger charge is 2.12. The third kappa shape index (κ3) is 4.52. The van der Waals surface area contributed by atoms with Crippen molar-refractivity contribution in [3.8, 4) is 5.75 Å².